The lowest BCUT2D eigenvalue weighted by atomic mass is 9.76. The molecule has 1 N–H and O–H groups in total. The van der Waals surface area contributed by atoms with Crippen LogP contribution in [0.5, 0.6) is 5.75 Å². The van der Waals surface area contributed by atoms with Crippen molar-refractivity contribution < 1.29 is 23.8 Å². The van der Waals surface area contributed by atoms with Gasteiger partial charge in [0, 0.05) is 42.0 Å². The molecule has 6 nitrogen and oxygen atoms in total. The van der Waals surface area contributed by atoms with Crippen LogP contribution in [0.1, 0.15) is 87.9 Å². The van der Waals surface area contributed by atoms with Crippen molar-refractivity contribution in [1.29, 1.82) is 0 Å². The van der Waals surface area contributed by atoms with Crippen LogP contribution in [0.3, 0.4) is 0 Å². The van der Waals surface area contributed by atoms with Gasteiger partial charge in [-0.1, -0.05) is 37.1 Å². The van der Waals surface area contributed by atoms with Crippen LogP contribution in [0.4, 0.5) is 10.1 Å². The minimum atomic E-state index is -1.14. The Morgan fingerprint density at radius 3 is 2.19 bits per heavy atom. The third kappa shape index (κ3) is 7.20. The number of carboxylic acids is 1. The fraction of sp³-hybridized carbons (Fsp3) is 0.500. The number of carboxylic acid groups (broad SMARTS) is 1. The third-order valence-electron chi connectivity index (χ3n) is 9.06. The van der Waals surface area contributed by atoms with Crippen LogP contribution in [0.25, 0.3) is 11.1 Å². The van der Waals surface area contributed by atoms with E-state index in [1.54, 1.807) is 12.1 Å². The van der Waals surface area contributed by atoms with Crippen LogP contribution in [-0.4, -0.2) is 41.4 Å². The predicted molar refractivity (Wildman–Crippen MR) is 168 cm³/mol. The van der Waals surface area contributed by atoms with Gasteiger partial charge in [0.15, 0.2) is 6.10 Å². The third-order valence-corrected chi connectivity index (χ3v) is 9.06. The lowest BCUT2D eigenvalue weighted by molar-refractivity contribution is -0.160. The summed E-state index contributed by atoms with van der Waals surface area (Å²) in [5, 5.41) is 10.4. The van der Waals surface area contributed by atoms with Crippen molar-refractivity contribution in [3.63, 3.8) is 0 Å². The molecule has 2 aromatic carbocycles. The number of carbonyl (C=O) groups is 1. The van der Waals surface area contributed by atoms with Crippen LogP contribution >= 0.6 is 0 Å². The number of nitrogens with zero attached hydrogens (tertiary/aromatic N) is 2. The molecule has 1 aliphatic carbocycles. The predicted octanol–water partition coefficient (Wildman–Crippen LogP) is 8.23. The van der Waals surface area contributed by atoms with E-state index in [4.69, 9.17) is 14.5 Å². The average Bonchev–Trinajstić information content (AvgIpc) is 3.41. The summed E-state index contributed by atoms with van der Waals surface area (Å²) in [6, 6.07) is 14.4. The van der Waals surface area contributed by atoms with Crippen LogP contribution < -0.4 is 9.64 Å². The standard InChI is InChI=1S/C36H45FN2O4/c1-24-30(27-10-14-29(15-11-27)42-23-16-26-8-12-28(37)13-9-26)32(39-21-19-36(20-22-39)17-6-7-18-36)31(25(2)38-24)33(34(40)41)43-35(3,4)5/h8-15,33H,6-7,16-23H2,1-5H3,(H,40,41). The van der Waals surface area contributed by atoms with Gasteiger partial charge in [0.25, 0.3) is 0 Å². The van der Waals surface area contributed by atoms with Crippen LogP contribution in [0.15, 0.2) is 48.5 Å². The van der Waals surface area contributed by atoms with E-state index >= 15 is 0 Å². The lowest BCUT2D eigenvalue weighted by Gasteiger charge is -2.42. The molecule has 2 fully saturated rings. The summed E-state index contributed by atoms with van der Waals surface area (Å²) >= 11 is 0. The number of rotatable bonds is 9. The number of ether oxygens (including phenoxy) is 2. The topological polar surface area (TPSA) is 71.9 Å². The largest absolute Gasteiger partial charge is 0.493 e. The van der Waals surface area contributed by atoms with Crippen LogP contribution in [-0.2, 0) is 16.0 Å². The normalized spacial score (nSPS) is 17.3. The molecule has 230 valence electrons. The molecule has 1 spiro atoms. The Kier molecular flexibility index (Phi) is 9.12. The zero-order valence-corrected chi connectivity index (χ0v) is 26.2. The number of hydrogen-bond donors (Lipinski definition) is 1. The maximum Gasteiger partial charge on any atom is 0.337 e. The van der Waals surface area contributed by atoms with Crippen molar-refractivity contribution in [2.45, 2.75) is 91.3 Å². The molecular formula is C36H45FN2O4. The van der Waals surface area contributed by atoms with Gasteiger partial charge < -0.3 is 19.5 Å². The number of aromatic nitrogens is 1. The van der Waals surface area contributed by atoms with Gasteiger partial charge >= 0.3 is 5.97 Å². The molecule has 0 bridgehead atoms. The van der Waals surface area contributed by atoms with Crippen LogP contribution in [0.2, 0.25) is 0 Å². The Morgan fingerprint density at radius 1 is 0.977 bits per heavy atom. The highest BCUT2D eigenvalue weighted by molar-refractivity contribution is 5.88. The summed E-state index contributed by atoms with van der Waals surface area (Å²) in [7, 11) is 0. The molecule has 1 atom stereocenters. The summed E-state index contributed by atoms with van der Waals surface area (Å²) in [6.07, 6.45) is 6.97. The fourth-order valence-electron chi connectivity index (χ4n) is 6.90. The SMILES string of the molecule is Cc1nc(C)c(C(OC(C)(C)C)C(=O)O)c(N2CCC3(CCCC3)CC2)c1-c1ccc(OCCc2ccc(F)cc2)cc1. The molecule has 1 aliphatic heterocycles. The van der Waals surface area contributed by atoms with Crippen molar-refractivity contribution >= 4 is 11.7 Å². The van der Waals surface area contributed by atoms with Gasteiger partial charge in [-0.15, -0.1) is 0 Å². The monoisotopic (exact) mass is 588 g/mol. The van der Waals surface area contributed by atoms with Gasteiger partial charge in [-0.2, -0.15) is 0 Å². The highest BCUT2D eigenvalue weighted by Gasteiger charge is 2.40. The average molecular weight is 589 g/mol. The Morgan fingerprint density at radius 2 is 1.60 bits per heavy atom. The van der Waals surface area contributed by atoms with Gasteiger partial charge in [0.05, 0.1) is 17.9 Å². The maximum atomic E-state index is 13.2. The van der Waals surface area contributed by atoms with Crippen LogP contribution in [0, 0.1) is 25.1 Å². The minimum Gasteiger partial charge on any atom is -0.493 e. The minimum absolute atomic E-state index is 0.245. The summed E-state index contributed by atoms with van der Waals surface area (Å²) in [5.41, 5.74) is 5.83. The molecule has 5 rings (SSSR count). The molecule has 43 heavy (non-hydrogen) atoms. The van der Waals surface area contributed by atoms with Crippen molar-refractivity contribution in [1.82, 2.24) is 4.98 Å². The summed E-state index contributed by atoms with van der Waals surface area (Å²) in [6.45, 7) is 11.8. The quantitative estimate of drug-likeness (QED) is 0.272. The number of halogens is 1. The first-order valence-corrected chi connectivity index (χ1v) is 15.6. The molecule has 0 radical (unpaired) electrons. The number of aryl methyl sites for hydroxylation is 2. The lowest BCUT2D eigenvalue weighted by Crippen LogP contribution is -2.40. The summed E-state index contributed by atoms with van der Waals surface area (Å²) in [5.74, 6) is -0.512. The zero-order chi connectivity index (χ0) is 30.8. The fourth-order valence-corrected chi connectivity index (χ4v) is 6.90. The Balaban J connectivity index is 1.49. The van der Waals surface area contributed by atoms with Crippen molar-refractivity contribution in [2.75, 3.05) is 24.6 Å². The number of pyridine rings is 1. The van der Waals surface area contributed by atoms with Gasteiger partial charge in [0.2, 0.25) is 0 Å². The number of piperidine rings is 1. The molecule has 1 aromatic heterocycles. The van der Waals surface area contributed by atoms with Gasteiger partial charge in [-0.3, -0.25) is 4.98 Å². The molecule has 1 unspecified atom stereocenters. The van der Waals surface area contributed by atoms with E-state index in [-0.39, 0.29) is 5.82 Å². The first-order chi connectivity index (χ1) is 20.4. The van der Waals surface area contributed by atoms with Gasteiger partial charge in [0.1, 0.15) is 11.6 Å². The zero-order valence-electron chi connectivity index (χ0n) is 26.2. The smallest absolute Gasteiger partial charge is 0.337 e. The molecule has 3 aromatic rings. The molecule has 1 saturated carbocycles. The van der Waals surface area contributed by atoms with E-state index in [1.165, 1.54) is 37.8 Å². The van der Waals surface area contributed by atoms with Crippen molar-refractivity contribution in [2.24, 2.45) is 5.41 Å². The number of hydrogen-bond acceptors (Lipinski definition) is 5. The second-order valence-corrected chi connectivity index (χ2v) is 13.3. The summed E-state index contributed by atoms with van der Waals surface area (Å²) in [4.78, 5) is 20.0. The van der Waals surface area contributed by atoms with E-state index < -0.39 is 17.7 Å². The van der Waals surface area contributed by atoms with Gasteiger partial charge in [-0.25, -0.2) is 9.18 Å². The molecule has 7 heteroatoms. The molecule has 2 heterocycles. The van der Waals surface area contributed by atoms with E-state index in [0.717, 1.165) is 59.8 Å². The second-order valence-electron chi connectivity index (χ2n) is 13.3. The van der Waals surface area contributed by atoms with Crippen molar-refractivity contribution in [3.8, 4) is 16.9 Å². The molecule has 0 amide bonds. The highest BCUT2D eigenvalue weighted by atomic mass is 19.1. The Bertz CT molecular complexity index is 1410. The Labute approximate surface area is 255 Å². The highest BCUT2D eigenvalue weighted by Crippen LogP contribution is 2.49. The second kappa shape index (κ2) is 12.7. The molecular weight excluding hydrogens is 543 g/mol. The van der Waals surface area contributed by atoms with E-state index in [1.807, 2.05) is 58.9 Å². The van der Waals surface area contributed by atoms with Crippen molar-refractivity contribution in [3.05, 3.63) is 76.9 Å². The number of aliphatic carboxylic acids is 1. The Hall–Kier alpha value is -3.45. The molecule has 2 aliphatic rings. The number of benzene rings is 2. The maximum absolute atomic E-state index is 13.2. The number of anilines is 1. The van der Waals surface area contributed by atoms with E-state index in [2.05, 4.69) is 4.90 Å². The van der Waals surface area contributed by atoms with E-state index in [0.29, 0.717) is 29.7 Å². The van der Waals surface area contributed by atoms with Gasteiger partial charge in [-0.05, 0) is 101 Å². The first-order valence-electron chi connectivity index (χ1n) is 15.6. The van der Waals surface area contributed by atoms with E-state index in [9.17, 15) is 14.3 Å². The first kappa shape index (κ1) is 31.0. The molecule has 1 saturated heterocycles. The summed E-state index contributed by atoms with van der Waals surface area (Å²) < 4.78 is 25.5.